The average molecular weight is 1240 g/mol. The summed E-state index contributed by atoms with van der Waals surface area (Å²) in [5.74, 6) is -1.60. The van der Waals surface area contributed by atoms with Gasteiger partial charge in [0, 0.05) is 19.3 Å². The number of hydrogen-bond acceptors (Lipinski definition) is 14. The Morgan fingerprint density at radius 1 is 0.341 bits per heavy atom. The van der Waals surface area contributed by atoms with Gasteiger partial charge in [-0.2, -0.15) is 0 Å². The quantitative estimate of drug-likeness (QED) is 0.0146. The number of aliphatic hydroxyl groups excluding tert-OH is 2. The van der Waals surface area contributed by atoms with Crippen LogP contribution in [0.25, 0.3) is 0 Å². The van der Waals surface area contributed by atoms with Crippen LogP contribution in [0.15, 0.2) is 85.1 Å². The first-order chi connectivity index (χ1) is 41.2. The number of unbranched alkanes of at least 4 members (excludes halogenated alkanes) is 25. The number of allylic oxidation sites excluding steroid dienone is 14. The Kier molecular flexibility index (Phi) is 58.6. The van der Waals surface area contributed by atoms with Gasteiger partial charge in [-0.3, -0.25) is 32.5 Å². The van der Waals surface area contributed by atoms with E-state index < -0.39 is 91.5 Å². The summed E-state index contributed by atoms with van der Waals surface area (Å²) in [6, 6.07) is 0. The van der Waals surface area contributed by atoms with E-state index in [1.54, 1.807) is 0 Å². The standard InChI is InChI=1S/C67H118O16P2/c1-4-7-10-13-16-19-22-24-26-27-28-29-30-31-32-33-35-37-39-41-44-47-50-53-65(70)77-56-62(68)57-79-84(73,74)80-58-63(69)59-81-85(75,76)82-61-64(83-67(72)55-52-49-46-43-38-21-18-15-12-9-6-3)60-78-66(71)54-51-48-45-42-40-36-34-25-23-20-17-14-11-8-5-2/h7,10,15-16,18-19,24,26,28-29,31-32,35,37,62-64,68-69H,4-6,8-9,11-14,17,20-23,25,27,30,33-34,36,38-61H2,1-3H3,(H,73,74)(H,75,76)/b10-7-,18-15-,19-16-,26-24-,29-28-,32-31-,37-35-. The number of esters is 3. The van der Waals surface area contributed by atoms with Gasteiger partial charge in [0.25, 0.3) is 0 Å². The number of ether oxygens (including phenoxy) is 3. The molecule has 0 rings (SSSR count). The fourth-order valence-corrected chi connectivity index (χ4v) is 10.1. The molecular formula is C67H118O16P2. The SMILES string of the molecule is CC/C=C\C/C=C\C/C=C\C/C=C\C/C=C\C/C=C\CCCCCCC(=O)OCC(O)COP(=O)(O)OCC(O)COP(=O)(O)OCC(COC(=O)CCCCCCCCCCCCCCCCC)OC(=O)CCCCCCC/C=C\CCCC. The van der Waals surface area contributed by atoms with Gasteiger partial charge in [0.1, 0.15) is 25.4 Å². The van der Waals surface area contributed by atoms with Crippen LogP contribution in [0.2, 0.25) is 0 Å². The van der Waals surface area contributed by atoms with E-state index in [2.05, 4.69) is 106 Å². The highest BCUT2D eigenvalue weighted by Gasteiger charge is 2.29. The molecule has 0 amide bonds. The van der Waals surface area contributed by atoms with Gasteiger partial charge in [0.15, 0.2) is 6.10 Å². The van der Waals surface area contributed by atoms with E-state index in [0.29, 0.717) is 19.3 Å². The summed E-state index contributed by atoms with van der Waals surface area (Å²) in [4.78, 5) is 58.2. The van der Waals surface area contributed by atoms with Crippen molar-refractivity contribution in [3.63, 3.8) is 0 Å². The molecule has 0 heterocycles. The van der Waals surface area contributed by atoms with Gasteiger partial charge in [-0.1, -0.05) is 241 Å². The summed E-state index contributed by atoms with van der Waals surface area (Å²) < 4.78 is 60.7. The average Bonchev–Trinajstić information content (AvgIpc) is 3.60. The second kappa shape index (κ2) is 61.0. The first kappa shape index (κ1) is 81.7. The molecule has 0 bridgehead atoms. The zero-order chi connectivity index (χ0) is 62.4. The first-order valence-corrected chi connectivity index (χ1v) is 35.9. The molecule has 5 atom stereocenters. The van der Waals surface area contributed by atoms with Gasteiger partial charge in [-0.15, -0.1) is 0 Å². The van der Waals surface area contributed by atoms with Crippen LogP contribution >= 0.6 is 15.6 Å². The van der Waals surface area contributed by atoms with Crippen molar-refractivity contribution in [3.05, 3.63) is 85.1 Å². The Bertz CT molecular complexity index is 1900. The summed E-state index contributed by atoms with van der Waals surface area (Å²) in [6.45, 7) is 2.48. The van der Waals surface area contributed by atoms with E-state index in [1.165, 1.54) is 83.5 Å². The van der Waals surface area contributed by atoms with Crippen molar-refractivity contribution in [2.24, 2.45) is 0 Å². The van der Waals surface area contributed by atoms with Crippen molar-refractivity contribution in [2.75, 3.05) is 39.6 Å². The Balaban J connectivity index is 4.56. The minimum atomic E-state index is -4.92. The van der Waals surface area contributed by atoms with E-state index in [1.807, 2.05) is 0 Å². The molecule has 0 aromatic carbocycles. The lowest BCUT2D eigenvalue weighted by atomic mass is 10.0. The van der Waals surface area contributed by atoms with Crippen LogP contribution in [0.5, 0.6) is 0 Å². The Labute approximate surface area is 515 Å². The smallest absolute Gasteiger partial charge is 0.463 e. The van der Waals surface area contributed by atoms with E-state index in [9.17, 15) is 43.5 Å². The third-order valence-corrected chi connectivity index (χ3v) is 15.5. The maximum Gasteiger partial charge on any atom is 0.472 e. The third kappa shape index (κ3) is 62.1. The topological polar surface area (TPSA) is 231 Å². The van der Waals surface area contributed by atoms with E-state index in [-0.39, 0.29) is 19.3 Å². The predicted octanol–water partition coefficient (Wildman–Crippen LogP) is 17.8. The van der Waals surface area contributed by atoms with Crippen molar-refractivity contribution in [1.82, 2.24) is 0 Å². The van der Waals surface area contributed by atoms with Crippen LogP contribution in [0, 0.1) is 0 Å². The third-order valence-electron chi connectivity index (χ3n) is 13.6. The second-order valence-corrected chi connectivity index (χ2v) is 24.8. The normalized spacial score (nSPS) is 14.9. The Hall–Kier alpha value is -3.27. The van der Waals surface area contributed by atoms with Gasteiger partial charge >= 0.3 is 33.6 Å². The van der Waals surface area contributed by atoms with Crippen LogP contribution in [-0.2, 0) is 55.8 Å². The van der Waals surface area contributed by atoms with Gasteiger partial charge in [0.2, 0.25) is 0 Å². The summed E-state index contributed by atoms with van der Waals surface area (Å²) in [7, 11) is -9.77. The van der Waals surface area contributed by atoms with Gasteiger partial charge in [-0.05, 0) is 89.9 Å². The second-order valence-electron chi connectivity index (χ2n) is 21.9. The summed E-state index contributed by atoms with van der Waals surface area (Å²) in [5, 5.41) is 20.5. The monoisotopic (exact) mass is 1240 g/mol. The van der Waals surface area contributed by atoms with Crippen LogP contribution in [0.4, 0.5) is 0 Å². The van der Waals surface area contributed by atoms with Gasteiger partial charge in [-0.25, -0.2) is 9.13 Å². The fraction of sp³-hybridized carbons (Fsp3) is 0.746. The van der Waals surface area contributed by atoms with E-state index in [0.717, 1.165) is 122 Å². The lowest BCUT2D eigenvalue weighted by molar-refractivity contribution is -0.161. The van der Waals surface area contributed by atoms with Crippen LogP contribution < -0.4 is 0 Å². The number of phosphoric acid groups is 2. The number of carbonyl (C=O) groups is 3. The number of carbonyl (C=O) groups excluding carboxylic acids is 3. The molecule has 0 aliphatic carbocycles. The van der Waals surface area contributed by atoms with Crippen molar-refractivity contribution < 1.29 is 75.8 Å². The van der Waals surface area contributed by atoms with E-state index in [4.69, 9.17) is 32.3 Å². The summed E-state index contributed by atoms with van der Waals surface area (Å²) >= 11 is 0. The van der Waals surface area contributed by atoms with Crippen molar-refractivity contribution in [3.8, 4) is 0 Å². The van der Waals surface area contributed by atoms with Crippen molar-refractivity contribution in [1.29, 1.82) is 0 Å². The summed E-state index contributed by atoms with van der Waals surface area (Å²) in [5.41, 5.74) is 0. The Morgan fingerprint density at radius 2 is 0.635 bits per heavy atom. The molecule has 85 heavy (non-hydrogen) atoms. The molecule has 0 saturated heterocycles. The molecule has 0 aliphatic rings. The zero-order valence-corrected chi connectivity index (χ0v) is 54.8. The minimum absolute atomic E-state index is 0.0962. The Morgan fingerprint density at radius 3 is 1.04 bits per heavy atom. The van der Waals surface area contributed by atoms with Crippen molar-refractivity contribution >= 4 is 33.6 Å². The zero-order valence-electron chi connectivity index (χ0n) is 53.0. The molecule has 0 aromatic heterocycles. The lowest BCUT2D eigenvalue weighted by Gasteiger charge is -2.21. The molecule has 0 radical (unpaired) electrons. The number of phosphoric ester groups is 2. The number of rotatable bonds is 62. The maximum absolute atomic E-state index is 12.8. The molecule has 0 saturated carbocycles. The number of hydrogen-bond donors (Lipinski definition) is 4. The highest BCUT2D eigenvalue weighted by Crippen LogP contribution is 2.45. The molecule has 0 aromatic rings. The molecule has 492 valence electrons. The van der Waals surface area contributed by atoms with Crippen molar-refractivity contribution in [2.45, 2.75) is 283 Å². The summed E-state index contributed by atoms with van der Waals surface area (Å²) in [6.07, 6.45) is 63.6. The van der Waals surface area contributed by atoms with Crippen LogP contribution in [-0.4, -0.2) is 95.9 Å². The highest BCUT2D eigenvalue weighted by atomic mass is 31.2. The molecule has 0 spiro atoms. The molecule has 4 N–H and O–H groups in total. The first-order valence-electron chi connectivity index (χ1n) is 32.9. The largest absolute Gasteiger partial charge is 0.472 e. The van der Waals surface area contributed by atoms with Gasteiger partial charge < -0.3 is 34.2 Å². The van der Waals surface area contributed by atoms with Gasteiger partial charge in [0.05, 0.1) is 26.4 Å². The minimum Gasteiger partial charge on any atom is -0.463 e. The highest BCUT2D eigenvalue weighted by molar-refractivity contribution is 7.47. The molecule has 0 fully saturated rings. The molecule has 0 aliphatic heterocycles. The lowest BCUT2D eigenvalue weighted by Crippen LogP contribution is -2.30. The molecule has 5 unspecified atom stereocenters. The maximum atomic E-state index is 12.8. The molecule has 18 heteroatoms. The van der Waals surface area contributed by atoms with E-state index >= 15 is 0 Å². The van der Waals surface area contributed by atoms with Crippen LogP contribution in [0.1, 0.15) is 265 Å². The molecular weight excluding hydrogens is 1120 g/mol. The molecule has 16 nitrogen and oxygen atoms in total. The fourth-order valence-electron chi connectivity index (χ4n) is 8.55. The predicted molar refractivity (Wildman–Crippen MR) is 344 cm³/mol. The number of aliphatic hydroxyl groups is 2. The van der Waals surface area contributed by atoms with Crippen LogP contribution in [0.3, 0.4) is 0 Å².